The quantitative estimate of drug-likeness (QED) is 0.730. The molecule has 4 nitrogen and oxygen atoms in total. The van der Waals surface area contributed by atoms with Crippen molar-refractivity contribution in [1.82, 2.24) is 20.1 Å². The molecule has 1 N–H and O–H groups in total. The van der Waals surface area contributed by atoms with Gasteiger partial charge in [-0.2, -0.15) is 0 Å². The van der Waals surface area contributed by atoms with Crippen molar-refractivity contribution in [3.63, 3.8) is 0 Å². The van der Waals surface area contributed by atoms with E-state index in [0.717, 1.165) is 31.9 Å². The zero-order valence-electron chi connectivity index (χ0n) is 8.79. The molecular formula is C10H18N4. The van der Waals surface area contributed by atoms with Crippen molar-refractivity contribution in [3.8, 4) is 0 Å². The average molecular weight is 194 g/mol. The van der Waals surface area contributed by atoms with Gasteiger partial charge in [-0.3, -0.25) is 0 Å². The Hall–Kier alpha value is -0.900. The third kappa shape index (κ3) is 1.95. The molecule has 0 aromatic carbocycles. The maximum atomic E-state index is 4.22. The van der Waals surface area contributed by atoms with E-state index < -0.39 is 0 Å². The van der Waals surface area contributed by atoms with Crippen LogP contribution in [0.5, 0.6) is 0 Å². The zero-order chi connectivity index (χ0) is 9.80. The minimum Gasteiger partial charge on any atom is -0.314 e. The highest BCUT2D eigenvalue weighted by molar-refractivity contribution is 4.98. The van der Waals surface area contributed by atoms with Gasteiger partial charge < -0.3 is 9.88 Å². The predicted octanol–water partition coefficient (Wildman–Crippen LogP) is 1.11. The summed E-state index contributed by atoms with van der Waals surface area (Å²) in [6.45, 7) is 5.20. The Balaban J connectivity index is 1.99. The fraction of sp³-hybridized carbons (Fsp3) is 0.800. The van der Waals surface area contributed by atoms with E-state index >= 15 is 0 Å². The molecular weight excluding hydrogens is 176 g/mol. The van der Waals surface area contributed by atoms with Gasteiger partial charge in [0.1, 0.15) is 11.6 Å². The third-order valence-corrected chi connectivity index (χ3v) is 2.65. The van der Waals surface area contributed by atoms with E-state index in [0.29, 0.717) is 0 Å². The number of rotatable bonds is 4. The van der Waals surface area contributed by atoms with E-state index in [1.54, 1.807) is 0 Å². The molecule has 0 amide bonds. The van der Waals surface area contributed by atoms with E-state index in [2.05, 4.69) is 27.0 Å². The van der Waals surface area contributed by atoms with Crippen molar-refractivity contribution in [3.05, 3.63) is 11.6 Å². The molecule has 0 unspecified atom stereocenters. The number of hydrogen-bond donors (Lipinski definition) is 1. The van der Waals surface area contributed by atoms with E-state index in [1.165, 1.54) is 25.1 Å². The summed E-state index contributed by atoms with van der Waals surface area (Å²) >= 11 is 0. The molecule has 0 saturated carbocycles. The summed E-state index contributed by atoms with van der Waals surface area (Å²) in [4.78, 5) is 0. The Morgan fingerprint density at radius 3 is 3.14 bits per heavy atom. The lowest BCUT2D eigenvalue weighted by molar-refractivity contribution is 0.497. The maximum Gasteiger partial charge on any atom is 0.147 e. The predicted molar refractivity (Wildman–Crippen MR) is 55.0 cm³/mol. The molecule has 1 aromatic heterocycles. The molecule has 0 saturated heterocycles. The van der Waals surface area contributed by atoms with Crippen LogP contribution in [0.1, 0.15) is 37.8 Å². The second-order valence-corrected chi connectivity index (χ2v) is 3.82. The summed E-state index contributed by atoms with van der Waals surface area (Å²) < 4.78 is 2.27. The lowest BCUT2D eigenvalue weighted by atomic mass is 10.2. The summed E-state index contributed by atoms with van der Waals surface area (Å²) in [5, 5.41) is 11.8. The first kappa shape index (κ1) is 9.65. The minimum atomic E-state index is 0.862. The van der Waals surface area contributed by atoms with Gasteiger partial charge in [-0.25, -0.2) is 0 Å². The molecule has 4 heteroatoms. The first-order valence-corrected chi connectivity index (χ1v) is 5.53. The molecule has 0 fully saturated rings. The van der Waals surface area contributed by atoms with Crippen molar-refractivity contribution in [2.24, 2.45) is 0 Å². The summed E-state index contributed by atoms with van der Waals surface area (Å²) in [6.07, 6.45) is 4.80. The van der Waals surface area contributed by atoms with Gasteiger partial charge in [-0.05, 0) is 25.8 Å². The number of nitrogens with zero attached hydrogens (tertiary/aromatic N) is 3. The van der Waals surface area contributed by atoms with Crippen molar-refractivity contribution in [1.29, 1.82) is 0 Å². The van der Waals surface area contributed by atoms with Gasteiger partial charge in [0, 0.05) is 13.0 Å². The largest absolute Gasteiger partial charge is 0.314 e. The Morgan fingerprint density at radius 1 is 1.36 bits per heavy atom. The van der Waals surface area contributed by atoms with Gasteiger partial charge >= 0.3 is 0 Å². The van der Waals surface area contributed by atoms with Crippen LogP contribution in [0.4, 0.5) is 0 Å². The number of nitrogens with one attached hydrogen (secondary N) is 1. The smallest absolute Gasteiger partial charge is 0.147 e. The Labute approximate surface area is 84.7 Å². The highest BCUT2D eigenvalue weighted by Crippen LogP contribution is 2.13. The minimum absolute atomic E-state index is 0.862. The molecule has 1 aliphatic heterocycles. The van der Waals surface area contributed by atoms with Crippen molar-refractivity contribution in [2.45, 2.75) is 45.7 Å². The third-order valence-electron chi connectivity index (χ3n) is 2.65. The van der Waals surface area contributed by atoms with Crippen molar-refractivity contribution >= 4 is 0 Å². The van der Waals surface area contributed by atoms with Crippen LogP contribution in [0.2, 0.25) is 0 Å². The van der Waals surface area contributed by atoms with Crippen LogP contribution < -0.4 is 5.32 Å². The normalized spacial score (nSPS) is 15.5. The van der Waals surface area contributed by atoms with Crippen LogP contribution in [0.15, 0.2) is 0 Å². The van der Waals surface area contributed by atoms with E-state index in [1.807, 2.05) is 0 Å². The van der Waals surface area contributed by atoms with Crippen LogP contribution in [0, 0.1) is 0 Å². The average Bonchev–Trinajstić information content (AvgIpc) is 2.63. The van der Waals surface area contributed by atoms with Gasteiger partial charge in [0.25, 0.3) is 0 Å². The first-order chi connectivity index (χ1) is 6.92. The summed E-state index contributed by atoms with van der Waals surface area (Å²) in [7, 11) is 0. The number of hydrogen-bond acceptors (Lipinski definition) is 3. The maximum absolute atomic E-state index is 4.22. The Bertz CT molecular complexity index is 292. The fourth-order valence-electron chi connectivity index (χ4n) is 1.88. The molecule has 1 aromatic rings. The van der Waals surface area contributed by atoms with E-state index in [-0.39, 0.29) is 0 Å². The van der Waals surface area contributed by atoms with E-state index in [9.17, 15) is 0 Å². The van der Waals surface area contributed by atoms with Gasteiger partial charge in [0.15, 0.2) is 0 Å². The van der Waals surface area contributed by atoms with Gasteiger partial charge in [-0.1, -0.05) is 6.92 Å². The monoisotopic (exact) mass is 194 g/mol. The standard InChI is InChI=1S/C10H18N4/c1-2-6-11-8-10-13-12-9-5-3-4-7-14(9)10/h11H,2-8H2,1H3. The van der Waals surface area contributed by atoms with E-state index in [4.69, 9.17) is 0 Å². The highest BCUT2D eigenvalue weighted by atomic mass is 15.3. The summed E-state index contributed by atoms with van der Waals surface area (Å²) in [5.74, 6) is 2.28. The van der Waals surface area contributed by atoms with Gasteiger partial charge in [-0.15, -0.1) is 10.2 Å². The van der Waals surface area contributed by atoms with Crippen LogP contribution in [0.25, 0.3) is 0 Å². The topological polar surface area (TPSA) is 42.7 Å². The van der Waals surface area contributed by atoms with Crippen LogP contribution in [-0.4, -0.2) is 21.3 Å². The second-order valence-electron chi connectivity index (χ2n) is 3.82. The molecule has 1 aliphatic rings. The van der Waals surface area contributed by atoms with Crippen molar-refractivity contribution < 1.29 is 0 Å². The molecule has 0 bridgehead atoms. The molecule has 0 radical (unpaired) electrons. The SMILES string of the molecule is CCCNCc1nnc2n1CCCC2. The number of aromatic nitrogens is 3. The van der Waals surface area contributed by atoms with Crippen LogP contribution in [-0.2, 0) is 19.5 Å². The van der Waals surface area contributed by atoms with Gasteiger partial charge in [0.2, 0.25) is 0 Å². The van der Waals surface area contributed by atoms with Crippen molar-refractivity contribution in [2.75, 3.05) is 6.54 Å². The molecule has 2 rings (SSSR count). The molecule has 0 aliphatic carbocycles. The zero-order valence-corrected chi connectivity index (χ0v) is 8.79. The molecule has 0 atom stereocenters. The first-order valence-electron chi connectivity index (χ1n) is 5.53. The molecule has 2 heterocycles. The lowest BCUT2D eigenvalue weighted by Gasteiger charge is -2.14. The summed E-state index contributed by atoms with van der Waals surface area (Å²) in [5.41, 5.74) is 0. The highest BCUT2D eigenvalue weighted by Gasteiger charge is 2.14. The molecule has 14 heavy (non-hydrogen) atoms. The summed E-state index contributed by atoms with van der Waals surface area (Å²) in [6, 6.07) is 0. The van der Waals surface area contributed by atoms with Crippen LogP contribution in [0.3, 0.4) is 0 Å². The fourth-order valence-corrected chi connectivity index (χ4v) is 1.88. The Morgan fingerprint density at radius 2 is 2.29 bits per heavy atom. The van der Waals surface area contributed by atoms with Crippen LogP contribution >= 0.6 is 0 Å². The Kier molecular flexibility index (Phi) is 3.14. The molecule has 0 spiro atoms. The molecule has 78 valence electrons. The second kappa shape index (κ2) is 4.55. The number of aryl methyl sites for hydroxylation is 1. The number of fused-ring (bicyclic) bond motifs is 1. The van der Waals surface area contributed by atoms with Gasteiger partial charge in [0.05, 0.1) is 6.54 Å². The lowest BCUT2D eigenvalue weighted by Crippen LogP contribution is -2.20.